The van der Waals surface area contributed by atoms with Crippen LogP contribution in [0.4, 0.5) is 11.6 Å². The molecule has 2 rings (SSSR count). The Bertz CT molecular complexity index is 346. The maximum Gasteiger partial charge on any atom is 0.134 e. The topological polar surface area (TPSA) is 63.8 Å². The predicted octanol–water partition coefficient (Wildman–Crippen LogP) is 1.97. The molecule has 1 aromatic rings. The zero-order valence-corrected chi connectivity index (χ0v) is 9.33. The number of nitrogen functional groups attached to an aromatic ring is 1. The highest BCUT2D eigenvalue weighted by molar-refractivity contribution is 5.54. The smallest absolute Gasteiger partial charge is 0.134 e. The summed E-state index contributed by atoms with van der Waals surface area (Å²) in [5.74, 6) is 2.36. The fourth-order valence-electron chi connectivity index (χ4n) is 1.76. The van der Waals surface area contributed by atoms with Crippen molar-refractivity contribution in [3.05, 3.63) is 11.9 Å². The number of hydrogen-bond acceptors (Lipinski definition) is 4. The molecular formula is C11H18N4. The maximum atomic E-state index is 5.72. The summed E-state index contributed by atoms with van der Waals surface area (Å²) in [5.41, 5.74) is 6.66. The molecule has 4 nitrogen and oxygen atoms in total. The number of nitrogens with two attached hydrogens (primary N) is 1. The molecule has 0 saturated heterocycles. The Morgan fingerprint density at radius 1 is 1.53 bits per heavy atom. The van der Waals surface area contributed by atoms with Gasteiger partial charge in [0.2, 0.25) is 0 Å². The van der Waals surface area contributed by atoms with Crippen molar-refractivity contribution in [2.45, 2.75) is 39.2 Å². The molecule has 15 heavy (non-hydrogen) atoms. The molecule has 3 N–H and O–H groups in total. The second-order valence-electron chi connectivity index (χ2n) is 4.46. The Kier molecular flexibility index (Phi) is 2.75. The molecule has 1 unspecified atom stereocenters. The van der Waals surface area contributed by atoms with Crippen molar-refractivity contribution >= 4 is 11.6 Å². The zero-order chi connectivity index (χ0) is 10.8. The molecule has 4 heteroatoms. The van der Waals surface area contributed by atoms with Gasteiger partial charge in [-0.25, -0.2) is 9.97 Å². The number of nitrogens with zero attached hydrogens (tertiary/aromatic N) is 2. The summed E-state index contributed by atoms with van der Waals surface area (Å²) in [7, 11) is 0. The van der Waals surface area contributed by atoms with E-state index in [2.05, 4.69) is 22.2 Å². The average Bonchev–Trinajstić information content (AvgIpc) is 2.97. The Morgan fingerprint density at radius 2 is 2.27 bits per heavy atom. The quantitative estimate of drug-likeness (QED) is 0.790. The number of anilines is 2. The molecule has 1 aliphatic rings. The Balaban J connectivity index is 1.99. The highest BCUT2D eigenvalue weighted by Gasteiger charge is 2.23. The van der Waals surface area contributed by atoms with Crippen molar-refractivity contribution in [3.8, 4) is 0 Å². The highest BCUT2D eigenvalue weighted by Crippen LogP contribution is 2.34. The first-order chi connectivity index (χ1) is 7.16. The SMILES string of the molecule is Cc1c(N)ncnc1NC(C)CC1CC1. The van der Waals surface area contributed by atoms with Gasteiger partial charge in [0.05, 0.1) is 0 Å². The molecule has 0 aromatic carbocycles. The molecule has 1 heterocycles. The lowest BCUT2D eigenvalue weighted by atomic mass is 10.1. The minimum atomic E-state index is 0.463. The minimum absolute atomic E-state index is 0.463. The van der Waals surface area contributed by atoms with Crippen LogP contribution in [0.15, 0.2) is 6.33 Å². The largest absolute Gasteiger partial charge is 0.383 e. The third-order valence-corrected chi connectivity index (χ3v) is 2.89. The summed E-state index contributed by atoms with van der Waals surface area (Å²) in [6.45, 7) is 4.14. The van der Waals surface area contributed by atoms with Crippen LogP contribution in [0.5, 0.6) is 0 Å². The van der Waals surface area contributed by atoms with E-state index in [4.69, 9.17) is 5.73 Å². The second kappa shape index (κ2) is 4.04. The van der Waals surface area contributed by atoms with Crippen LogP contribution in [0.2, 0.25) is 0 Å². The summed E-state index contributed by atoms with van der Waals surface area (Å²) in [6.07, 6.45) is 5.51. The summed E-state index contributed by atoms with van der Waals surface area (Å²) in [5, 5.41) is 3.39. The van der Waals surface area contributed by atoms with E-state index in [1.54, 1.807) is 0 Å². The number of rotatable bonds is 4. The Hall–Kier alpha value is -1.32. The molecule has 1 atom stereocenters. The van der Waals surface area contributed by atoms with Crippen LogP contribution in [0, 0.1) is 12.8 Å². The normalized spacial score (nSPS) is 17.5. The monoisotopic (exact) mass is 206 g/mol. The lowest BCUT2D eigenvalue weighted by molar-refractivity contribution is 0.639. The molecule has 1 fully saturated rings. The minimum Gasteiger partial charge on any atom is -0.383 e. The van der Waals surface area contributed by atoms with Gasteiger partial charge in [-0.1, -0.05) is 12.8 Å². The fourth-order valence-corrected chi connectivity index (χ4v) is 1.76. The van der Waals surface area contributed by atoms with Gasteiger partial charge in [-0.3, -0.25) is 0 Å². The first kappa shape index (κ1) is 10.2. The van der Waals surface area contributed by atoms with Gasteiger partial charge in [0.15, 0.2) is 0 Å². The van der Waals surface area contributed by atoms with E-state index < -0.39 is 0 Å². The van der Waals surface area contributed by atoms with Crippen molar-refractivity contribution in [3.63, 3.8) is 0 Å². The van der Waals surface area contributed by atoms with Crippen molar-refractivity contribution in [2.24, 2.45) is 5.92 Å². The van der Waals surface area contributed by atoms with Crippen LogP contribution < -0.4 is 11.1 Å². The molecule has 0 amide bonds. The number of aromatic nitrogens is 2. The molecule has 0 aliphatic heterocycles. The molecule has 1 saturated carbocycles. The van der Waals surface area contributed by atoms with Crippen molar-refractivity contribution in [2.75, 3.05) is 11.1 Å². The average molecular weight is 206 g/mol. The van der Waals surface area contributed by atoms with Gasteiger partial charge >= 0.3 is 0 Å². The van der Waals surface area contributed by atoms with E-state index in [0.29, 0.717) is 11.9 Å². The predicted molar refractivity (Wildman–Crippen MR) is 61.6 cm³/mol. The summed E-state index contributed by atoms with van der Waals surface area (Å²) in [4.78, 5) is 8.15. The van der Waals surface area contributed by atoms with E-state index in [1.165, 1.54) is 25.6 Å². The van der Waals surface area contributed by atoms with Gasteiger partial charge in [0, 0.05) is 11.6 Å². The molecular weight excluding hydrogens is 188 g/mol. The molecule has 1 aromatic heterocycles. The maximum absolute atomic E-state index is 5.72. The van der Waals surface area contributed by atoms with Crippen LogP contribution in [0.3, 0.4) is 0 Å². The highest BCUT2D eigenvalue weighted by atomic mass is 15.0. The van der Waals surface area contributed by atoms with E-state index in [-0.39, 0.29) is 0 Å². The summed E-state index contributed by atoms with van der Waals surface area (Å²) >= 11 is 0. The second-order valence-corrected chi connectivity index (χ2v) is 4.46. The number of nitrogens with one attached hydrogen (secondary N) is 1. The fraction of sp³-hybridized carbons (Fsp3) is 0.636. The van der Waals surface area contributed by atoms with Crippen LogP contribution in [-0.4, -0.2) is 16.0 Å². The van der Waals surface area contributed by atoms with Crippen molar-refractivity contribution in [1.29, 1.82) is 0 Å². The first-order valence-corrected chi connectivity index (χ1v) is 5.50. The number of hydrogen-bond donors (Lipinski definition) is 2. The summed E-state index contributed by atoms with van der Waals surface area (Å²) < 4.78 is 0. The standard InChI is InChI=1S/C11H18N4/c1-7(5-9-3-4-9)15-11-8(2)10(12)13-6-14-11/h6-7,9H,3-5H2,1-2H3,(H3,12,13,14,15). The Labute approximate surface area is 90.3 Å². The third-order valence-electron chi connectivity index (χ3n) is 2.89. The van der Waals surface area contributed by atoms with Crippen molar-refractivity contribution in [1.82, 2.24) is 9.97 Å². The molecule has 0 spiro atoms. The van der Waals surface area contributed by atoms with Gasteiger partial charge in [-0.05, 0) is 26.2 Å². The van der Waals surface area contributed by atoms with Gasteiger partial charge in [0.1, 0.15) is 18.0 Å². The van der Waals surface area contributed by atoms with E-state index in [1.807, 2.05) is 6.92 Å². The molecule has 0 radical (unpaired) electrons. The molecule has 1 aliphatic carbocycles. The zero-order valence-electron chi connectivity index (χ0n) is 9.33. The van der Waals surface area contributed by atoms with Crippen LogP contribution in [0.1, 0.15) is 31.7 Å². The Morgan fingerprint density at radius 3 is 2.93 bits per heavy atom. The molecule has 82 valence electrons. The van der Waals surface area contributed by atoms with Gasteiger partial charge in [0.25, 0.3) is 0 Å². The first-order valence-electron chi connectivity index (χ1n) is 5.50. The van der Waals surface area contributed by atoms with Gasteiger partial charge in [-0.2, -0.15) is 0 Å². The van der Waals surface area contributed by atoms with Gasteiger partial charge in [-0.15, -0.1) is 0 Å². The molecule has 0 bridgehead atoms. The lowest BCUT2D eigenvalue weighted by Gasteiger charge is -2.15. The van der Waals surface area contributed by atoms with E-state index in [0.717, 1.165) is 17.3 Å². The third kappa shape index (κ3) is 2.58. The van der Waals surface area contributed by atoms with E-state index >= 15 is 0 Å². The van der Waals surface area contributed by atoms with Crippen LogP contribution >= 0.6 is 0 Å². The van der Waals surface area contributed by atoms with E-state index in [9.17, 15) is 0 Å². The van der Waals surface area contributed by atoms with Crippen LogP contribution in [-0.2, 0) is 0 Å². The van der Waals surface area contributed by atoms with Crippen LogP contribution in [0.25, 0.3) is 0 Å². The van der Waals surface area contributed by atoms with Gasteiger partial charge < -0.3 is 11.1 Å². The lowest BCUT2D eigenvalue weighted by Crippen LogP contribution is -2.18. The summed E-state index contributed by atoms with van der Waals surface area (Å²) in [6, 6.07) is 0.463. The van der Waals surface area contributed by atoms with Crippen molar-refractivity contribution < 1.29 is 0 Å².